The fourth-order valence-corrected chi connectivity index (χ4v) is 1.75. The van der Waals surface area contributed by atoms with Crippen molar-refractivity contribution in [3.8, 4) is 0 Å². The molecule has 0 radical (unpaired) electrons. The topological polar surface area (TPSA) is 47.5 Å². The van der Waals surface area contributed by atoms with Crippen LogP contribution in [0.5, 0.6) is 0 Å². The van der Waals surface area contributed by atoms with E-state index in [0.29, 0.717) is 19.1 Å². The quantitative estimate of drug-likeness (QED) is 0.793. The summed E-state index contributed by atoms with van der Waals surface area (Å²) in [6.07, 6.45) is 3.42. The first-order chi connectivity index (χ1) is 9.24. The van der Waals surface area contributed by atoms with Gasteiger partial charge in [0.15, 0.2) is 0 Å². The number of hydrogen-bond donors (Lipinski definition) is 1. The molecule has 104 valence electrons. The molecule has 0 aliphatic rings. The minimum absolute atomic E-state index is 0.463. The average molecular weight is 263 g/mol. The number of rotatable bonds is 8. The predicted molar refractivity (Wildman–Crippen MR) is 72.5 cm³/mol. The lowest BCUT2D eigenvalue weighted by Crippen LogP contribution is -2.18. The Morgan fingerprint density at radius 1 is 1.21 bits per heavy atom. The molecule has 2 heterocycles. The second-order valence-electron chi connectivity index (χ2n) is 5.02. The highest BCUT2D eigenvalue weighted by Crippen LogP contribution is 2.11. The van der Waals surface area contributed by atoms with Crippen molar-refractivity contribution < 1.29 is 13.6 Å². The largest absolute Gasteiger partial charge is 0.467 e. The van der Waals surface area contributed by atoms with E-state index >= 15 is 0 Å². The van der Waals surface area contributed by atoms with Crippen LogP contribution in [0.2, 0.25) is 0 Å². The third kappa shape index (κ3) is 4.93. The summed E-state index contributed by atoms with van der Waals surface area (Å²) in [7, 11) is 0. The normalized spacial score (nSPS) is 11.3. The highest BCUT2D eigenvalue weighted by atomic mass is 16.5. The fraction of sp³-hybridized carbons (Fsp3) is 0.467. The van der Waals surface area contributed by atoms with Crippen LogP contribution < -0.4 is 5.32 Å². The lowest BCUT2D eigenvalue weighted by molar-refractivity contribution is 0.0803. The van der Waals surface area contributed by atoms with Crippen LogP contribution in [-0.2, 0) is 24.5 Å². The van der Waals surface area contributed by atoms with Crippen LogP contribution in [0.3, 0.4) is 0 Å². The standard InChI is InChI=1S/C15H21NO3/c1-12(2)7-16-8-13-6-15(19-9-13)11-17-10-14-4-3-5-18-14/h3-6,9,12,16H,7-8,10-11H2,1-2H3. The zero-order chi connectivity index (χ0) is 13.5. The van der Waals surface area contributed by atoms with Crippen LogP contribution in [0.15, 0.2) is 39.6 Å². The number of furan rings is 2. The zero-order valence-corrected chi connectivity index (χ0v) is 11.5. The van der Waals surface area contributed by atoms with Gasteiger partial charge in [0.05, 0.1) is 12.5 Å². The first-order valence-corrected chi connectivity index (χ1v) is 6.61. The highest BCUT2D eigenvalue weighted by molar-refractivity contribution is 5.12. The summed E-state index contributed by atoms with van der Waals surface area (Å²) in [5.74, 6) is 2.32. The molecule has 0 saturated heterocycles. The van der Waals surface area contributed by atoms with Gasteiger partial charge in [0, 0.05) is 12.1 Å². The van der Waals surface area contributed by atoms with E-state index in [-0.39, 0.29) is 0 Å². The highest BCUT2D eigenvalue weighted by Gasteiger charge is 2.03. The molecular weight excluding hydrogens is 242 g/mol. The molecule has 0 bridgehead atoms. The summed E-state index contributed by atoms with van der Waals surface area (Å²) in [6.45, 7) is 7.15. The van der Waals surface area contributed by atoms with Gasteiger partial charge in [0.25, 0.3) is 0 Å². The van der Waals surface area contributed by atoms with Crippen LogP contribution in [0.1, 0.15) is 30.9 Å². The van der Waals surface area contributed by atoms with E-state index < -0.39 is 0 Å². The van der Waals surface area contributed by atoms with Crippen molar-refractivity contribution in [2.75, 3.05) is 6.54 Å². The van der Waals surface area contributed by atoms with Gasteiger partial charge < -0.3 is 18.9 Å². The van der Waals surface area contributed by atoms with E-state index in [1.807, 2.05) is 18.2 Å². The van der Waals surface area contributed by atoms with Crippen molar-refractivity contribution in [1.82, 2.24) is 5.32 Å². The van der Waals surface area contributed by atoms with E-state index in [4.69, 9.17) is 13.6 Å². The molecule has 0 atom stereocenters. The van der Waals surface area contributed by atoms with Gasteiger partial charge >= 0.3 is 0 Å². The molecule has 1 N–H and O–H groups in total. The molecule has 4 heteroatoms. The van der Waals surface area contributed by atoms with Gasteiger partial charge in [-0.3, -0.25) is 0 Å². The SMILES string of the molecule is CC(C)CNCc1coc(COCc2ccco2)c1. The summed E-state index contributed by atoms with van der Waals surface area (Å²) >= 11 is 0. The molecule has 0 aromatic carbocycles. The van der Waals surface area contributed by atoms with Gasteiger partial charge in [0.2, 0.25) is 0 Å². The minimum Gasteiger partial charge on any atom is -0.467 e. The van der Waals surface area contributed by atoms with Gasteiger partial charge in [-0.2, -0.15) is 0 Å². The Balaban J connectivity index is 1.68. The Labute approximate surface area is 113 Å². The molecule has 0 aliphatic carbocycles. The molecule has 0 spiro atoms. The first-order valence-electron chi connectivity index (χ1n) is 6.61. The molecular formula is C15H21NO3. The maximum absolute atomic E-state index is 5.51. The Kier molecular flexibility index (Phi) is 5.24. The van der Waals surface area contributed by atoms with Crippen LogP contribution in [-0.4, -0.2) is 6.54 Å². The second-order valence-corrected chi connectivity index (χ2v) is 5.02. The van der Waals surface area contributed by atoms with Crippen molar-refractivity contribution in [3.63, 3.8) is 0 Å². The molecule has 4 nitrogen and oxygen atoms in total. The van der Waals surface area contributed by atoms with Crippen molar-refractivity contribution >= 4 is 0 Å². The molecule has 0 saturated carbocycles. The van der Waals surface area contributed by atoms with Crippen LogP contribution >= 0.6 is 0 Å². The van der Waals surface area contributed by atoms with Gasteiger partial charge in [-0.1, -0.05) is 13.8 Å². The van der Waals surface area contributed by atoms with Crippen molar-refractivity contribution in [3.05, 3.63) is 47.8 Å². The maximum Gasteiger partial charge on any atom is 0.129 e. The molecule has 0 fully saturated rings. The van der Waals surface area contributed by atoms with E-state index in [1.165, 1.54) is 0 Å². The lowest BCUT2D eigenvalue weighted by atomic mass is 10.2. The predicted octanol–water partition coefficient (Wildman–Crippen LogP) is 3.34. The third-order valence-electron chi connectivity index (χ3n) is 2.66. The third-order valence-corrected chi connectivity index (χ3v) is 2.66. The Hall–Kier alpha value is -1.52. The molecule has 0 aliphatic heterocycles. The van der Waals surface area contributed by atoms with E-state index in [2.05, 4.69) is 19.2 Å². The molecule has 19 heavy (non-hydrogen) atoms. The van der Waals surface area contributed by atoms with E-state index in [0.717, 1.165) is 30.2 Å². The Morgan fingerprint density at radius 2 is 2.05 bits per heavy atom. The summed E-state index contributed by atoms with van der Waals surface area (Å²) in [4.78, 5) is 0. The molecule has 0 amide bonds. The van der Waals surface area contributed by atoms with Gasteiger partial charge in [-0.25, -0.2) is 0 Å². The summed E-state index contributed by atoms with van der Waals surface area (Å²) in [5, 5.41) is 3.38. The smallest absolute Gasteiger partial charge is 0.129 e. The van der Waals surface area contributed by atoms with E-state index in [9.17, 15) is 0 Å². The fourth-order valence-electron chi connectivity index (χ4n) is 1.75. The van der Waals surface area contributed by atoms with Crippen molar-refractivity contribution in [2.45, 2.75) is 33.6 Å². The van der Waals surface area contributed by atoms with E-state index in [1.54, 1.807) is 12.5 Å². The summed E-state index contributed by atoms with van der Waals surface area (Å²) < 4.78 is 16.1. The summed E-state index contributed by atoms with van der Waals surface area (Å²) in [5.41, 5.74) is 1.15. The van der Waals surface area contributed by atoms with Crippen LogP contribution in [0.4, 0.5) is 0 Å². The Bertz CT molecular complexity index is 459. The molecule has 2 aromatic rings. The number of nitrogens with one attached hydrogen (secondary N) is 1. The monoisotopic (exact) mass is 263 g/mol. The molecule has 0 unspecified atom stereocenters. The van der Waals surface area contributed by atoms with Crippen LogP contribution in [0, 0.1) is 5.92 Å². The van der Waals surface area contributed by atoms with Crippen molar-refractivity contribution in [2.24, 2.45) is 5.92 Å². The molecule has 2 aromatic heterocycles. The van der Waals surface area contributed by atoms with Crippen LogP contribution in [0.25, 0.3) is 0 Å². The number of ether oxygens (including phenoxy) is 1. The first kappa shape index (κ1) is 13.9. The van der Waals surface area contributed by atoms with Gasteiger partial charge in [-0.05, 0) is 30.7 Å². The number of hydrogen-bond acceptors (Lipinski definition) is 4. The molecule has 2 rings (SSSR count). The zero-order valence-electron chi connectivity index (χ0n) is 11.5. The van der Waals surface area contributed by atoms with Crippen molar-refractivity contribution in [1.29, 1.82) is 0 Å². The Morgan fingerprint density at radius 3 is 2.79 bits per heavy atom. The van der Waals surface area contributed by atoms with Gasteiger partial charge in [0.1, 0.15) is 24.7 Å². The average Bonchev–Trinajstić information content (AvgIpc) is 3.00. The second kappa shape index (κ2) is 7.16. The minimum atomic E-state index is 0.463. The van der Waals surface area contributed by atoms with Gasteiger partial charge in [-0.15, -0.1) is 0 Å². The maximum atomic E-state index is 5.51. The summed E-state index contributed by atoms with van der Waals surface area (Å²) in [6, 6.07) is 5.77. The lowest BCUT2D eigenvalue weighted by Gasteiger charge is -2.04.